The average Bonchev–Trinajstić information content (AvgIpc) is 2.88. The van der Waals surface area contributed by atoms with Gasteiger partial charge in [-0.25, -0.2) is 4.98 Å². The third-order valence-corrected chi connectivity index (χ3v) is 3.70. The maximum Gasteiger partial charge on any atom is 0.315 e. The Morgan fingerprint density at radius 3 is 2.60 bits per heavy atom. The number of carboxylic acids is 1. The summed E-state index contributed by atoms with van der Waals surface area (Å²) in [4.78, 5) is 15.5. The lowest BCUT2D eigenvalue weighted by atomic mass is 9.90. The Bertz CT molecular complexity index is 668. The molecule has 0 spiro atoms. The smallest absolute Gasteiger partial charge is 0.315 e. The molecule has 0 saturated heterocycles. The zero-order valence-electron chi connectivity index (χ0n) is 11.0. The number of thiazole rings is 1. The van der Waals surface area contributed by atoms with Gasteiger partial charge in [0.1, 0.15) is 5.41 Å². The first kappa shape index (κ1) is 14.0. The van der Waals surface area contributed by atoms with E-state index in [9.17, 15) is 4.79 Å². The van der Waals surface area contributed by atoms with Gasteiger partial charge in [-0.05, 0) is 38.1 Å². The van der Waals surface area contributed by atoms with Gasteiger partial charge in [0.05, 0.1) is 17.3 Å². The van der Waals surface area contributed by atoms with E-state index in [1.807, 2.05) is 6.07 Å². The lowest BCUT2D eigenvalue weighted by Gasteiger charge is -2.15. The second kappa shape index (κ2) is 5.31. The number of aromatic nitrogens is 1. The van der Waals surface area contributed by atoms with E-state index in [1.54, 1.807) is 43.5 Å². The van der Waals surface area contributed by atoms with E-state index >= 15 is 0 Å². The van der Waals surface area contributed by atoms with Gasteiger partial charge in [-0.1, -0.05) is 0 Å². The topological polar surface area (TPSA) is 86.0 Å². The number of carboxylic acid groups (broad SMARTS) is 1. The molecule has 20 heavy (non-hydrogen) atoms. The number of nitrogens with zero attached hydrogens (tertiary/aromatic N) is 2. The van der Waals surface area contributed by atoms with Crippen molar-refractivity contribution in [2.75, 3.05) is 5.32 Å². The molecule has 0 unspecified atom stereocenters. The third kappa shape index (κ3) is 2.78. The fourth-order valence-electron chi connectivity index (χ4n) is 1.48. The molecule has 0 fully saturated rings. The fraction of sp³-hybridized carbons (Fsp3) is 0.214. The van der Waals surface area contributed by atoms with Crippen LogP contribution >= 0.6 is 11.3 Å². The van der Waals surface area contributed by atoms with Crippen LogP contribution in [0, 0.1) is 11.3 Å². The van der Waals surface area contributed by atoms with Crippen LogP contribution < -0.4 is 5.32 Å². The van der Waals surface area contributed by atoms with Crippen molar-refractivity contribution in [2.24, 2.45) is 0 Å². The summed E-state index contributed by atoms with van der Waals surface area (Å²) in [6, 6.07) is 9.02. The fourth-order valence-corrected chi connectivity index (χ4v) is 2.38. The predicted octanol–water partition coefficient (Wildman–Crippen LogP) is 3.12. The Balaban J connectivity index is 2.17. The lowest BCUT2D eigenvalue weighted by Crippen LogP contribution is -2.28. The highest BCUT2D eigenvalue weighted by molar-refractivity contribution is 7.13. The van der Waals surface area contributed by atoms with Gasteiger partial charge < -0.3 is 10.4 Å². The Morgan fingerprint density at radius 2 is 2.05 bits per heavy atom. The van der Waals surface area contributed by atoms with Crippen LogP contribution in [-0.4, -0.2) is 16.1 Å². The summed E-state index contributed by atoms with van der Waals surface area (Å²) in [5.74, 6) is -0.910. The minimum Gasteiger partial charge on any atom is -0.481 e. The van der Waals surface area contributed by atoms with Crippen molar-refractivity contribution in [3.63, 3.8) is 0 Å². The van der Waals surface area contributed by atoms with E-state index in [0.717, 1.165) is 5.69 Å². The van der Waals surface area contributed by atoms with E-state index < -0.39 is 11.4 Å². The van der Waals surface area contributed by atoms with Gasteiger partial charge in [0, 0.05) is 11.1 Å². The molecule has 1 heterocycles. The first-order valence-corrected chi connectivity index (χ1v) is 6.78. The highest BCUT2D eigenvalue weighted by atomic mass is 32.1. The SMILES string of the molecule is CC(C)(C(=O)O)c1csc(Nc2ccc(C#N)cc2)n1. The molecule has 2 rings (SSSR count). The molecule has 2 aromatic rings. The molecule has 5 nitrogen and oxygen atoms in total. The molecule has 0 bridgehead atoms. The number of hydrogen-bond donors (Lipinski definition) is 2. The van der Waals surface area contributed by atoms with Gasteiger partial charge in [-0.2, -0.15) is 5.26 Å². The zero-order chi connectivity index (χ0) is 14.8. The van der Waals surface area contributed by atoms with Crippen LogP contribution in [0.1, 0.15) is 25.1 Å². The van der Waals surface area contributed by atoms with Crippen LogP contribution in [0.25, 0.3) is 0 Å². The summed E-state index contributed by atoms with van der Waals surface area (Å²) in [5.41, 5.74) is 0.896. The minimum absolute atomic E-state index is 0.520. The maximum absolute atomic E-state index is 11.2. The molecule has 0 radical (unpaired) electrons. The van der Waals surface area contributed by atoms with Gasteiger partial charge in [0.25, 0.3) is 0 Å². The van der Waals surface area contributed by atoms with E-state index in [0.29, 0.717) is 16.4 Å². The highest BCUT2D eigenvalue weighted by Gasteiger charge is 2.32. The number of carbonyl (C=O) groups is 1. The standard InChI is InChI=1S/C14H13N3O2S/c1-14(2,12(18)19)11-8-20-13(17-11)16-10-5-3-9(7-15)4-6-10/h3-6,8H,1-2H3,(H,16,17)(H,18,19). The van der Waals surface area contributed by atoms with E-state index in [-0.39, 0.29) is 0 Å². The number of nitriles is 1. The first-order chi connectivity index (χ1) is 9.43. The second-order valence-corrected chi connectivity index (χ2v) is 5.64. The molecule has 0 amide bonds. The molecule has 2 N–H and O–H groups in total. The van der Waals surface area contributed by atoms with Crippen molar-refractivity contribution in [1.29, 1.82) is 5.26 Å². The summed E-state index contributed by atoms with van der Waals surface area (Å²) in [6.07, 6.45) is 0. The number of aliphatic carboxylic acids is 1. The zero-order valence-corrected chi connectivity index (χ0v) is 11.9. The van der Waals surface area contributed by atoms with Crippen molar-refractivity contribution in [1.82, 2.24) is 4.98 Å². The molecule has 0 aliphatic rings. The van der Waals surface area contributed by atoms with Gasteiger partial charge >= 0.3 is 5.97 Å². The van der Waals surface area contributed by atoms with Crippen LogP contribution in [0.5, 0.6) is 0 Å². The maximum atomic E-state index is 11.2. The molecule has 0 atom stereocenters. The molecule has 0 aliphatic heterocycles. The average molecular weight is 287 g/mol. The molecular formula is C14H13N3O2S. The van der Waals surface area contributed by atoms with Crippen molar-refractivity contribution in [2.45, 2.75) is 19.3 Å². The first-order valence-electron chi connectivity index (χ1n) is 5.90. The Hall–Kier alpha value is -2.39. The summed E-state index contributed by atoms with van der Waals surface area (Å²) in [5, 5.41) is 23.3. The Labute approximate surface area is 120 Å². The number of nitrogens with one attached hydrogen (secondary N) is 1. The van der Waals surface area contributed by atoms with Crippen molar-refractivity contribution >= 4 is 28.1 Å². The van der Waals surface area contributed by atoms with Crippen molar-refractivity contribution < 1.29 is 9.90 Å². The highest BCUT2D eigenvalue weighted by Crippen LogP contribution is 2.29. The van der Waals surface area contributed by atoms with Crippen molar-refractivity contribution in [3.05, 3.63) is 40.9 Å². The van der Waals surface area contributed by atoms with E-state index in [4.69, 9.17) is 10.4 Å². The van der Waals surface area contributed by atoms with Gasteiger partial charge in [0.2, 0.25) is 0 Å². The van der Waals surface area contributed by atoms with Gasteiger partial charge in [-0.3, -0.25) is 4.79 Å². The number of anilines is 2. The number of hydrogen-bond acceptors (Lipinski definition) is 5. The quantitative estimate of drug-likeness (QED) is 0.902. The largest absolute Gasteiger partial charge is 0.481 e. The number of benzene rings is 1. The lowest BCUT2D eigenvalue weighted by molar-refractivity contribution is -0.142. The van der Waals surface area contributed by atoms with Crippen LogP contribution in [0.4, 0.5) is 10.8 Å². The molecule has 102 valence electrons. The molecule has 0 saturated carbocycles. The van der Waals surface area contributed by atoms with Crippen LogP contribution in [-0.2, 0) is 10.2 Å². The van der Waals surface area contributed by atoms with Crippen molar-refractivity contribution in [3.8, 4) is 6.07 Å². The molecule has 6 heteroatoms. The molecular weight excluding hydrogens is 274 g/mol. The third-order valence-electron chi connectivity index (χ3n) is 2.94. The number of rotatable bonds is 4. The summed E-state index contributed by atoms with van der Waals surface area (Å²) < 4.78 is 0. The molecule has 1 aromatic carbocycles. The summed E-state index contributed by atoms with van der Waals surface area (Å²) >= 11 is 1.35. The van der Waals surface area contributed by atoms with Gasteiger partial charge in [-0.15, -0.1) is 11.3 Å². The van der Waals surface area contributed by atoms with Gasteiger partial charge in [0.15, 0.2) is 5.13 Å². The van der Waals surface area contributed by atoms with E-state index in [2.05, 4.69) is 10.3 Å². The van der Waals surface area contributed by atoms with Crippen LogP contribution in [0.3, 0.4) is 0 Å². The molecule has 1 aromatic heterocycles. The predicted molar refractivity (Wildman–Crippen MR) is 77.2 cm³/mol. The Morgan fingerprint density at radius 1 is 1.40 bits per heavy atom. The Kier molecular flexibility index (Phi) is 3.72. The summed E-state index contributed by atoms with van der Waals surface area (Å²) in [7, 11) is 0. The normalized spacial score (nSPS) is 10.8. The minimum atomic E-state index is -1.01. The summed E-state index contributed by atoms with van der Waals surface area (Å²) in [6.45, 7) is 3.24. The molecule has 0 aliphatic carbocycles. The second-order valence-electron chi connectivity index (χ2n) is 4.78. The van der Waals surface area contributed by atoms with E-state index in [1.165, 1.54) is 11.3 Å². The van der Waals surface area contributed by atoms with Crippen LogP contribution in [0.2, 0.25) is 0 Å². The monoisotopic (exact) mass is 287 g/mol. The van der Waals surface area contributed by atoms with Crippen LogP contribution in [0.15, 0.2) is 29.6 Å².